The first-order valence-electron chi connectivity index (χ1n) is 8.68. The first-order valence-corrected chi connectivity index (χ1v) is 10.5. The number of rotatable bonds is 6. The molecule has 0 bridgehead atoms. The van der Waals surface area contributed by atoms with Crippen molar-refractivity contribution < 1.29 is 17.9 Å². The number of carbonyl (C=O) groups excluding carboxylic acids is 1. The molecule has 3 rings (SSSR count). The van der Waals surface area contributed by atoms with E-state index < -0.39 is 10.0 Å². The standard InChI is InChI=1S/C19H21ClN2O4S/c20-17-8-7-16(21-19(23)9-6-15-4-2-1-3-5-15)14-18(17)27(24,25)22-10-12-26-13-11-22/h1-5,7-8,14H,6,9-13H2,(H,21,23). The lowest BCUT2D eigenvalue weighted by Crippen LogP contribution is -2.40. The number of ether oxygens (including phenoxy) is 1. The molecule has 6 nitrogen and oxygen atoms in total. The number of morpholine rings is 1. The number of halogens is 1. The number of nitrogens with zero attached hydrogens (tertiary/aromatic N) is 1. The zero-order chi connectivity index (χ0) is 19.3. The Morgan fingerprint density at radius 1 is 1.11 bits per heavy atom. The first kappa shape index (κ1) is 19.8. The van der Waals surface area contributed by atoms with Crippen molar-refractivity contribution in [3.8, 4) is 0 Å². The quantitative estimate of drug-likeness (QED) is 0.797. The molecular formula is C19H21ClN2O4S. The average molecular weight is 409 g/mol. The van der Waals surface area contributed by atoms with Gasteiger partial charge in [-0.2, -0.15) is 4.31 Å². The van der Waals surface area contributed by atoms with Crippen molar-refractivity contribution in [2.75, 3.05) is 31.6 Å². The zero-order valence-electron chi connectivity index (χ0n) is 14.7. The van der Waals surface area contributed by atoms with E-state index in [1.807, 2.05) is 30.3 Å². The fraction of sp³-hybridized carbons (Fsp3) is 0.316. The van der Waals surface area contributed by atoms with Crippen molar-refractivity contribution in [2.45, 2.75) is 17.7 Å². The summed E-state index contributed by atoms with van der Waals surface area (Å²) in [6.07, 6.45) is 0.914. The van der Waals surface area contributed by atoms with Gasteiger partial charge in [0.15, 0.2) is 0 Å². The Hall–Kier alpha value is -1.93. The van der Waals surface area contributed by atoms with E-state index in [1.54, 1.807) is 6.07 Å². The fourth-order valence-corrected chi connectivity index (χ4v) is 4.74. The van der Waals surface area contributed by atoms with E-state index >= 15 is 0 Å². The maximum Gasteiger partial charge on any atom is 0.244 e. The van der Waals surface area contributed by atoms with Gasteiger partial charge in [-0.15, -0.1) is 0 Å². The Bertz CT molecular complexity index is 897. The number of carbonyl (C=O) groups is 1. The van der Waals surface area contributed by atoms with E-state index in [2.05, 4.69) is 5.32 Å². The lowest BCUT2D eigenvalue weighted by atomic mass is 10.1. The summed E-state index contributed by atoms with van der Waals surface area (Å²) in [5, 5.41) is 2.88. The highest BCUT2D eigenvalue weighted by Gasteiger charge is 2.28. The van der Waals surface area contributed by atoms with Crippen LogP contribution >= 0.6 is 11.6 Å². The van der Waals surface area contributed by atoms with Crippen LogP contribution in [0.15, 0.2) is 53.4 Å². The van der Waals surface area contributed by atoms with E-state index in [9.17, 15) is 13.2 Å². The highest BCUT2D eigenvalue weighted by Crippen LogP contribution is 2.28. The topological polar surface area (TPSA) is 75.7 Å². The average Bonchev–Trinajstić information content (AvgIpc) is 2.69. The second kappa shape index (κ2) is 8.84. The second-order valence-corrected chi connectivity index (χ2v) is 8.51. The van der Waals surface area contributed by atoms with Crippen LogP contribution in [0.4, 0.5) is 5.69 Å². The molecule has 0 saturated carbocycles. The molecule has 0 spiro atoms. The van der Waals surface area contributed by atoms with Crippen LogP contribution in [-0.4, -0.2) is 44.9 Å². The number of aryl methyl sites for hydroxylation is 1. The fourth-order valence-electron chi connectivity index (χ4n) is 2.83. The molecule has 0 aliphatic carbocycles. The molecule has 0 aromatic heterocycles. The maximum atomic E-state index is 12.8. The van der Waals surface area contributed by atoms with E-state index in [0.717, 1.165) is 5.56 Å². The van der Waals surface area contributed by atoms with E-state index in [4.69, 9.17) is 16.3 Å². The van der Waals surface area contributed by atoms with Crippen molar-refractivity contribution in [1.82, 2.24) is 4.31 Å². The van der Waals surface area contributed by atoms with Gasteiger partial charge in [-0.3, -0.25) is 4.79 Å². The highest BCUT2D eigenvalue weighted by molar-refractivity contribution is 7.89. The number of sulfonamides is 1. The smallest absolute Gasteiger partial charge is 0.244 e. The number of amides is 1. The molecule has 1 heterocycles. The molecule has 27 heavy (non-hydrogen) atoms. The zero-order valence-corrected chi connectivity index (χ0v) is 16.3. The maximum absolute atomic E-state index is 12.8. The van der Waals surface area contributed by atoms with Crippen LogP contribution in [0, 0.1) is 0 Å². The van der Waals surface area contributed by atoms with Gasteiger partial charge >= 0.3 is 0 Å². The Kier molecular flexibility index (Phi) is 6.49. The molecule has 1 fully saturated rings. The molecule has 0 unspecified atom stereocenters. The molecule has 1 N–H and O–H groups in total. The summed E-state index contributed by atoms with van der Waals surface area (Å²) in [5.74, 6) is -0.184. The normalized spacial score (nSPS) is 15.4. The summed E-state index contributed by atoms with van der Waals surface area (Å²) < 4.78 is 32.2. The number of hydrogen-bond donors (Lipinski definition) is 1. The minimum absolute atomic E-state index is 0.00748. The van der Waals surface area contributed by atoms with Gasteiger partial charge in [0, 0.05) is 25.2 Å². The van der Waals surface area contributed by atoms with Gasteiger partial charge < -0.3 is 10.1 Å². The predicted molar refractivity (Wildman–Crippen MR) is 104 cm³/mol. The van der Waals surface area contributed by atoms with E-state index in [-0.39, 0.29) is 28.9 Å². The van der Waals surface area contributed by atoms with Gasteiger partial charge in [0.2, 0.25) is 15.9 Å². The van der Waals surface area contributed by atoms with Crippen LogP contribution in [-0.2, 0) is 26.0 Å². The monoisotopic (exact) mass is 408 g/mol. The third kappa shape index (κ3) is 5.07. The highest BCUT2D eigenvalue weighted by atomic mass is 35.5. The molecule has 1 aliphatic heterocycles. The van der Waals surface area contributed by atoms with Gasteiger partial charge in [-0.05, 0) is 30.2 Å². The Morgan fingerprint density at radius 3 is 2.52 bits per heavy atom. The van der Waals surface area contributed by atoms with Crippen LogP contribution in [0.1, 0.15) is 12.0 Å². The summed E-state index contributed by atoms with van der Waals surface area (Å²) in [7, 11) is -3.74. The van der Waals surface area contributed by atoms with E-state index in [0.29, 0.717) is 31.7 Å². The number of nitrogens with one attached hydrogen (secondary N) is 1. The van der Waals surface area contributed by atoms with Gasteiger partial charge in [-0.1, -0.05) is 41.9 Å². The number of anilines is 1. The molecule has 2 aromatic rings. The van der Waals surface area contributed by atoms with Crippen LogP contribution in [0.5, 0.6) is 0 Å². The van der Waals surface area contributed by atoms with Gasteiger partial charge in [-0.25, -0.2) is 8.42 Å². The lowest BCUT2D eigenvalue weighted by Gasteiger charge is -2.26. The molecule has 1 saturated heterocycles. The molecule has 0 radical (unpaired) electrons. The molecular weight excluding hydrogens is 388 g/mol. The minimum atomic E-state index is -3.74. The SMILES string of the molecule is O=C(CCc1ccccc1)Nc1ccc(Cl)c(S(=O)(=O)N2CCOCC2)c1. The predicted octanol–water partition coefficient (Wildman–Crippen LogP) is 2.93. The summed E-state index contributed by atoms with van der Waals surface area (Å²) in [6, 6.07) is 14.2. The molecule has 1 aliphatic rings. The molecule has 144 valence electrons. The molecule has 0 atom stereocenters. The van der Waals surface area contributed by atoms with Crippen LogP contribution in [0.3, 0.4) is 0 Å². The summed E-state index contributed by atoms with van der Waals surface area (Å²) in [4.78, 5) is 12.2. The molecule has 1 amide bonds. The number of benzene rings is 2. The summed E-state index contributed by atoms with van der Waals surface area (Å²) in [6.45, 7) is 1.28. The van der Waals surface area contributed by atoms with Crippen LogP contribution < -0.4 is 5.32 Å². The molecule has 8 heteroatoms. The Balaban J connectivity index is 1.70. The lowest BCUT2D eigenvalue weighted by molar-refractivity contribution is -0.116. The van der Waals surface area contributed by atoms with Gasteiger partial charge in [0.05, 0.1) is 18.2 Å². The van der Waals surface area contributed by atoms with Crippen LogP contribution in [0.25, 0.3) is 0 Å². The van der Waals surface area contributed by atoms with Crippen molar-refractivity contribution in [1.29, 1.82) is 0 Å². The summed E-state index contributed by atoms with van der Waals surface area (Å²) >= 11 is 6.13. The first-order chi connectivity index (χ1) is 13.0. The van der Waals surface area contributed by atoms with Crippen molar-refractivity contribution >= 4 is 33.2 Å². The summed E-state index contributed by atoms with van der Waals surface area (Å²) in [5.41, 5.74) is 1.48. The van der Waals surface area contributed by atoms with Crippen LogP contribution in [0.2, 0.25) is 5.02 Å². The van der Waals surface area contributed by atoms with E-state index in [1.165, 1.54) is 16.4 Å². The van der Waals surface area contributed by atoms with Crippen molar-refractivity contribution in [3.63, 3.8) is 0 Å². The van der Waals surface area contributed by atoms with Crippen molar-refractivity contribution in [2.24, 2.45) is 0 Å². The van der Waals surface area contributed by atoms with Crippen molar-refractivity contribution in [3.05, 3.63) is 59.1 Å². The Labute approximate surface area is 164 Å². The second-order valence-electron chi connectivity index (χ2n) is 6.20. The number of hydrogen-bond acceptors (Lipinski definition) is 4. The Morgan fingerprint density at radius 2 is 1.81 bits per heavy atom. The third-order valence-corrected chi connectivity index (χ3v) is 6.67. The third-order valence-electron chi connectivity index (χ3n) is 4.29. The largest absolute Gasteiger partial charge is 0.379 e. The van der Waals surface area contributed by atoms with Gasteiger partial charge in [0.25, 0.3) is 0 Å². The van der Waals surface area contributed by atoms with Gasteiger partial charge in [0.1, 0.15) is 4.90 Å². The molecule has 2 aromatic carbocycles. The minimum Gasteiger partial charge on any atom is -0.379 e.